The summed E-state index contributed by atoms with van der Waals surface area (Å²) in [5.74, 6) is 0.683. The molecule has 2 saturated heterocycles. The molecule has 0 aliphatic carbocycles. The molecule has 2 aliphatic rings. The molecule has 2 fully saturated rings. The molecule has 0 saturated carbocycles. The molecule has 2 unspecified atom stereocenters. The van der Waals surface area contributed by atoms with Crippen molar-refractivity contribution in [3.63, 3.8) is 0 Å². The van der Waals surface area contributed by atoms with Gasteiger partial charge in [-0.05, 0) is 37.0 Å². The topological polar surface area (TPSA) is 46.1 Å². The Kier molecular flexibility index (Phi) is 8.38. The van der Waals surface area contributed by atoms with E-state index in [0.717, 1.165) is 57.0 Å². The van der Waals surface area contributed by atoms with Gasteiger partial charge in [-0.15, -0.1) is 24.0 Å². The number of morpholine rings is 1. The number of aliphatic imine (C=N–C) groups is 1. The molecule has 1 N–H and O–H groups in total. The van der Waals surface area contributed by atoms with Crippen molar-refractivity contribution in [2.45, 2.75) is 31.5 Å². The largest absolute Gasteiger partial charge is 0.375 e. The molecule has 5 nitrogen and oxygen atoms in total. The third-order valence-electron chi connectivity index (χ3n) is 4.57. The second kappa shape index (κ2) is 10.3. The van der Waals surface area contributed by atoms with E-state index < -0.39 is 0 Å². The molecule has 0 radical (unpaired) electrons. The molecule has 3 rings (SSSR count). The van der Waals surface area contributed by atoms with Gasteiger partial charge in [0, 0.05) is 33.3 Å². The highest BCUT2D eigenvalue weighted by atomic mass is 127. The lowest BCUT2D eigenvalue weighted by Gasteiger charge is -2.37. The van der Waals surface area contributed by atoms with Gasteiger partial charge < -0.3 is 19.7 Å². The number of hydrogen-bond donors (Lipinski definition) is 1. The molecule has 2 aliphatic heterocycles. The Morgan fingerprint density at radius 1 is 1.32 bits per heavy atom. The lowest BCUT2D eigenvalue weighted by atomic mass is 10.1. The van der Waals surface area contributed by atoms with Crippen LogP contribution in [0.4, 0.5) is 4.39 Å². The van der Waals surface area contributed by atoms with Crippen molar-refractivity contribution in [1.29, 1.82) is 0 Å². The van der Waals surface area contributed by atoms with Crippen molar-refractivity contribution in [2.24, 2.45) is 4.99 Å². The second-order valence-electron chi connectivity index (χ2n) is 6.26. The molecule has 25 heavy (non-hydrogen) atoms. The van der Waals surface area contributed by atoms with Gasteiger partial charge in [0.2, 0.25) is 0 Å². The number of halogens is 2. The van der Waals surface area contributed by atoms with Gasteiger partial charge in [-0.2, -0.15) is 0 Å². The van der Waals surface area contributed by atoms with Crippen LogP contribution in [0, 0.1) is 5.82 Å². The number of ether oxygens (including phenoxy) is 2. The fourth-order valence-corrected chi connectivity index (χ4v) is 3.33. The minimum absolute atomic E-state index is 0. The van der Waals surface area contributed by atoms with Gasteiger partial charge in [0.1, 0.15) is 11.9 Å². The maximum atomic E-state index is 13.2. The third kappa shape index (κ3) is 5.79. The van der Waals surface area contributed by atoms with Gasteiger partial charge in [-0.25, -0.2) is 4.39 Å². The molecule has 0 spiro atoms. The van der Waals surface area contributed by atoms with Crippen LogP contribution in [0.1, 0.15) is 18.4 Å². The summed E-state index contributed by atoms with van der Waals surface area (Å²) in [5.41, 5.74) is 0.983. The van der Waals surface area contributed by atoms with Crippen LogP contribution in [-0.4, -0.2) is 63.0 Å². The highest BCUT2D eigenvalue weighted by Gasteiger charge is 2.32. The van der Waals surface area contributed by atoms with Crippen molar-refractivity contribution < 1.29 is 13.9 Å². The van der Waals surface area contributed by atoms with Gasteiger partial charge in [0.15, 0.2) is 5.96 Å². The molecule has 140 valence electrons. The zero-order chi connectivity index (χ0) is 16.8. The Balaban J connectivity index is 0.00000225. The van der Waals surface area contributed by atoms with E-state index in [4.69, 9.17) is 9.47 Å². The van der Waals surface area contributed by atoms with E-state index in [2.05, 4.69) is 15.2 Å². The summed E-state index contributed by atoms with van der Waals surface area (Å²) in [7, 11) is 1.79. The first-order chi connectivity index (χ1) is 11.8. The standard InChI is InChI=1S/C18H26FN3O2.HI/c1-20-18(21-8-7-14-4-2-5-15(19)12-14)22-9-11-24-17(13-22)16-6-3-10-23-16;/h2,4-5,12,16-17H,3,6-11,13H2,1H3,(H,20,21);1H. The van der Waals surface area contributed by atoms with Crippen LogP contribution < -0.4 is 5.32 Å². The van der Waals surface area contributed by atoms with Crippen LogP contribution in [0.3, 0.4) is 0 Å². The molecule has 0 bridgehead atoms. The van der Waals surface area contributed by atoms with E-state index in [-0.39, 0.29) is 42.0 Å². The van der Waals surface area contributed by atoms with E-state index in [9.17, 15) is 4.39 Å². The molecule has 2 heterocycles. The number of guanidine groups is 1. The fraction of sp³-hybridized carbons (Fsp3) is 0.611. The summed E-state index contributed by atoms with van der Waals surface area (Å²) in [6.45, 7) is 3.87. The molecule has 0 amide bonds. The van der Waals surface area contributed by atoms with E-state index >= 15 is 0 Å². The van der Waals surface area contributed by atoms with Crippen LogP contribution in [0.5, 0.6) is 0 Å². The van der Waals surface area contributed by atoms with Crippen molar-refractivity contribution in [3.05, 3.63) is 35.6 Å². The average molecular weight is 463 g/mol. The molecule has 7 heteroatoms. The van der Waals surface area contributed by atoms with E-state index in [1.165, 1.54) is 6.07 Å². The van der Waals surface area contributed by atoms with Crippen LogP contribution >= 0.6 is 24.0 Å². The number of nitrogens with zero attached hydrogens (tertiary/aromatic N) is 2. The summed E-state index contributed by atoms with van der Waals surface area (Å²) >= 11 is 0. The van der Waals surface area contributed by atoms with Gasteiger partial charge in [-0.3, -0.25) is 4.99 Å². The summed E-state index contributed by atoms with van der Waals surface area (Å²) in [4.78, 5) is 6.61. The molecule has 1 aromatic rings. The fourth-order valence-electron chi connectivity index (χ4n) is 3.33. The summed E-state index contributed by atoms with van der Waals surface area (Å²) in [5, 5.41) is 3.38. The Bertz CT molecular complexity index is 567. The van der Waals surface area contributed by atoms with Gasteiger partial charge >= 0.3 is 0 Å². The van der Waals surface area contributed by atoms with Crippen molar-refractivity contribution in [1.82, 2.24) is 10.2 Å². The second-order valence-corrected chi connectivity index (χ2v) is 6.26. The predicted octanol–water partition coefficient (Wildman–Crippen LogP) is 2.44. The Morgan fingerprint density at radius 3 is 2.88 bits per heavy atom. The van der Waals surface area contributed by atoms with Crippen LogP contribution in [0.2, 0.25) is 0 Å². The number of nitrogens with one attached hydrogen (secondary N) is 1. The Hall–Kier alpha value is -0.930. The first-order valence-corrected chi connectivity index (χ1v) is 8.69. The quantitative estimate of drug-likeness (QED) is 0.424. The minimum atomic E-state index is -0.190. The third-order valence-corrected chi connectivity index (χ3v) is 4.57. The summed E-state index contributed by atoms with van der Waals surface area (Å²) < 4.78 is 24.9. The molecular weight excluding hydrogens is 436 g/mol. The Labute approximate surface area is 166 Å². The van der Waals surface area contributed by atoms with E-state index in [1.54, 1.807) is 19.2 Å². The molecule has 0 aromatic heterocycles. The van der Waals surface area contributed by atoms with Gasteiger partial charge in [0.05, 0.1) is 12.7 Å². The zero-order valence-corrected chi connectivity index (χ0v) is 16.9. The van der Waals surface area contributed by atoms with Crippen molar-refractivity contribution in [3.8, 4) is 0 Å². The van der Waals surface area contributed by atoms with Crippen LogP contribution in [0.15, 0.2) is 29.3 Å². The SMILES string of the molecule is CN=C(NCCc1cccc(F)c1)N1CCOC(C2CCCO2)C1.I. The first kappa shape index (κ1) is 20.4. The van der Waals surface area contributed by atoms with Gasteiger partial charge in [-0.1, -0.05) is 12.1 Å². The number of hydrogen-bond acceptors (Lipinski definition) is 3. The number of benzene rings is 1. The minimum Gasteiger partial charge on any atom is -0.375 e. The highest BCUT2D eigenvalue weighted by Crippen LogP contribution is 2.21. The zero-order valence-electron chi connectivity index (χ0n) is 14.6. The lowest BCUT2D eigenvalue weighted by molar-refractivity contribution is -0.0816. The molecular formula is C18H27FIN3O2. The lowest BCUT2D eigenvalue weighted by Crippen LogP contribution is -2.53. The van der Waals surface area contributed by atoms with E-state index in [0.29, 0.717) is 6.61 Å². The van der Waals surface area contributed by atoms with Crippen LogP contribution in [0.25, 0.3) is 0 Å². The highest BCUT2D eigenvalue weighted by molar-refractivity contribution is 14.0. The maximum Gasteiger partial charge on any atom is 0.193 e. The van der Waals surface area contributed by atoms with Crippen molar-refractivity contribution in [2.75, 3.05) is 39.9 Å². The summed E-state index contributed by atoms with van der Waals surface area (Å²) in [6.07, 6.45) is 3.27. The predicted molar refractivity (Wildman–Crippen MR) is 107 cm³/mol. The normalized spacial score (nSPS) is 24.1. The summed E-state index contributed by atoms with van der Waals surface area (Å²) in [6, 6.07) is 6.73. The van der Waals surface area contributed by atoms with Crippen molar-refractivity contribution >= 4 is 29.9 Å². The first-order valence-electron chi connectivity index (χ1n) is 8.69. The smallest absolute Gasteiger partial charge is 0.193 e. The molecule has 1 aromatic carbocycles. The van der Waals surface area contributed by atoms with Gasteiger partial charge in [0.25, 0.3) is 0 Å². The van der Waals surface area contributed by atoms with Crippen LogP contribution in [-0.2, 0) is 15.9 Å². The Morgan fingerprint density at radius 2 is 2.16 bits per heavy atom. The average Bonchev–Trinajstić information content (AvgIpc) is 3.14. The monoisotopic (exact) mass is 463 g/mol. The number of rotatable bonds is 4. The van der Waals surface area contributed by atoms with E-state index in [1.807, 2.05) is 6.07 Å². The molecule has 2 atom stereocenters. The maximum absolute atomic E-state index is 13.2.